The molecule has 0 aromatic heterocycles. The Morgan fingerprint density at radius 1 is 1.50 bits per heavy atom. The fourth-order valence-corrected chi connectivity index (χ4v) is 1.55. The fourth-order valence-electron chi connectivity index (χ4n) is 1.55. The molecule has 1 atom stereocenters. The van der Waals surface area contributed by atoms with Crippen LogP contribution in [0.4, 0.5) is 4.39 Å². The summed E-state index contributed by atoms with van der Waals surface area (Å²) in [4.78, 5) is 0. The van der Waals surface area contributed by atoms with Crippen molar-refractivity contribution in [3.05, 3.63) is 34.9 Å². The lowest BCUT2D eigenvalue weighted by Crippen LogP contribution is -1.87. The van der Waals surface area contributed by atoms with Gasteiger partial charge in [-0.25, -0.2) is 4.39 Å². The van der Waals surface area contributed by atoms with E-state index < -0.39 is 6.17 Å². The van der Waals surface area contributed by atoms with Gasteiger partial charge in [0.15, 0.2) is 0 Å². The fraction of sp³-hybridized carbons (Fsp3) is 0.455. The zero-order valence-electron chi connectivity index (χ0n) is 7.31. The monoisotopic (exact) mass is 164 g/mol. The lowest BCUT2D eigenvalue weighted by Gasteiger charge is -2.06. The molecule has 2 aliphatic carbocycles. The Hall–Kier alpha value is -0.850. The van der Waals surface area contributed by atoms with Crippen molar-refractivity contribution in [2.24, 2.45) is 0 Å². The Morgan fingerprint density at radius 2 is 2.25 bits per heavy atom. The molecule has 0 aliphatic heterocycles. The standard InChI is InChI=1S/C11H13F/c1-2-8-3-5-9(6-4-8)10-7-11(10)12/h3-5,11H,2,6-7H2,1H3. The topological polar surface area (TPSA) is 0 Å². The van der Waals surface area contributed by atoms with E-state index in [4.69, 9.17) is 0 Å². The summed E-state index contributed by atoms with van der Waals surface area (Å²) in [6.45, 7) is 2.14. The molecule has 1 fully saturated rings. The van der Waals surface area contributed by atoms with Crippen LogP contribution in [0.15, 0.2) is 34.9 Å². The molecule has 2 rings (SSSR count). The van der Waals surface area contributed by atoms with E-state index in [2.05, 4.69) is 25.2 Å². The van der Waals surface area contributed by atoms with Gasteiger partial charge in [-0.15, -0.1) is 0 Å². The maximum absolute atomic E-state index is 12.6. The third-order valence-electron chi connectivity index (χ3n) is 2.52. The summed E-state index contributed by atoms with van der Waals surface area (Å²) < 4.78 is 12.6. The zero-order valence-corrected chi connectivity index (χ0v) is 7.31. The van der Waals surface area contributed by atoms with Gasteiger partial charge in [0, 0.05) is 6.42 Å². The van der Waals surface area contributed by atoms with Gasteiger partial charge in [-0.2, -0.15) is 0 Å². The van der Waals surface area contributed by atoms with Crippen molar-refractivity contribution in [2.75, 3.05) is 0 Å². The van der Waals surface area contributed by atoms with Gasteiger partial charge in [0.25, 0.3) is 0 Å². The van der Waals surface area contributed by atoms with Gasteiger partial charge in [-0.3, -0.25) is 0 Å². The Balaban J connectivity index is 2.11. The van der Waals surface area contributed by atoms with Gasteiger partial charge in [0.2, 0.25) is 0 Å². The molecule has 0 amide bonds. The van der Waals surface area contributed by atoms with Crippen molar-refractivity contribution < 1.29 is 4.39 Å². The van der Waals surface area contributed by atoms with Crippen LogP contribution < -0.4 is 0 Å². The largest absolute Gasteiger partial charge is 0.242 e. The van der Waals surface area contributed by atoms with Crippen molar-refractivity contribution in [1.82, 2.24) is 0 Å². The molecule has 0 saturated heterocycles. The highest BCUT2D eigenvalue weighted by Gasteiger charge is 2.31. The Morgan fingerprint density at radius 3 is 2.67 bits per heavy atom. The van der Waals surface area contributed by atoms with E-state index in [1.165, 1.54) is 11.1 Å². The first-order valence-electron chi connectivity index (χ1n) is 4.54. The third kappa shape index (κ3) is 1.36. The van der Waals surface area contributed by atoms with Crippen LogP contribution in [-0.2, 0) is 0 Å². The summed E-state index contributed by atoms with van der Waals surface area (Å²) >= 11 is 0. The molecule has 1 saturated carbocycles. The first-order valence-corrected chi connectivity index (χ1v) is 4.54. The summed E-state index contributed by atoms with van der Waals surface area (Å²) in [6.07, 6.45) is 8.46. The molecule has 0 spiro atoms. The summed E-state index contributed by atoms with van der Waals surface area (Å²) in [5, 5.41) is 0. The predicted molar refractivity (Wildman–Crippen MR) is 48.7 cm³/mol. The molecule has 12 heavy (non-hydrogen) atoms. The van der Waals surface area contributed by atoms with Gasteiger partial charge in [0.05, 0.1) is 0 Å². The van der Waals surface area contributed by atoms with Crippen LogP contribution in [0.2, 0.25) is 0 Å². The Bertz CT molecular complexity index is 281. The number of alkyl halides is 1. The van der Waals surface area contributed by atoms with Crippen molar-refractivity contribution >= 4 is 0 Å². The summed E-state index contributed by atoms with van der Waals surface area (Å²) in [6, 6.07) is 0. The van der Waals surface area contributed by atoms with Gasteiger partial charge >= 0.3 is 0 Å². The van der Waals surface area contributed by atoms with Gasteiger partial charge in [0.1, 0.15) is 6.17 Å². The number of allylic oxidation sites excluding steroid dienone is 6. The number of halogens is 1. The molecule has 2 aliphatic rings. The SMILES string of the molecule is CCC1=CCC(=C2CC2F)C=C1. The van der Waals surface area contributed by atoms with Gasteiger partial charge in [-0.1, -0.05) is 30.7 Å². The van der Waals surface area contributed by atoms with Gasteiger partial charge < -0.3 is 0 Å². The van der Waals surface area contributed by atoms with E-state index in [0.717, 1.165) is 18.4 Å². The molecule has 0 N–H and O–H groups in total. The maximum atomic E-state index is 12.6. The molecule has 64 valence electrons. The molecule has 0 bridgehead atoms. The highest BCUT2D eigenvalue weighted by molar-refractivity contribution is 5.44. The van der Waals surface area contributed by atoms with E-state index in [0.29, 0.717) is 6.42 Å². The van der Waals surface area contributed by atoms with E-state index in [9.17, 15) is 4.39 Å². The molecule has 0 aromatic rings. The van der Waals surface area contributed by atoms with E-state index in [-0.39, 0.29) is 0 Å². The number of hydrogen-bond acceptors (Lipinski definition) is 0. The summed E-state index contributed by atoms with van der Waals surface area (Å²) in [5.41, 5.74) is 3.60. The molecule has 0 aromatic carbocycles. The molecule has 1 unspecified atom stereocenters. The van der Waals surface area contributed by atoms with Crippen LogP contribution in [0.5, 0.6) is 0 Å². The van der Waals surface area contributed by atoms with Crippen LogP contribution in [0.25, 0.3) is 0 Å². The first kappa shape index (κ1) is 7.78. The maximum Gasteiger partial charge on any atom is 0.126 e. The van der Waals surface area contributed by atoms with Crippen molar-refractivity contribution in [3.8, 4) is 0 Å². The summed E-state index contributed by atoms with van der Waals surface area (Å²) in [5.74, 6) is 0. The highest BCUT2D eigenvalue weighted by Crippen LogP contribution is 2.38. The Labute approximate surface area is 72.5 Å². The summed E-state index contributed by atoms with van der Waals surface area (Å²) in [7, 11) is 0. The van der Waals surface area contributed by atoms with E-state index in [1.54, 1.807) is 0 Å². The van der Waals surface area contributed by atoms with Crippen molar-refractivity contribution in [3.63, 3.8) is 0 Å². The quantitative estimate of drug-likeness (QED) is 0.557. The molecule has 1 heteroatoms. The zero-order chi connectivity index (χ0) is 8.55. The second kappa shape index (κ2) is 2.89. The van der Waals surface area contributed by atoms with Crippen LogP contribution in [0, 0.1) is 0 Å². The lowest BCUT2D eigenvalue weighted by molar-refractivity contribution is 0.494. The molecular weight excluding hydrogens is 151 g/mol. The minimum atomic E-state index is -0.624. The number of hydrogen-bond donors (Lipinski definition) is 0. The normalized spacial score (nSPS) is 33.5. The minimum absolute atomic E-state index is 0.624. The minimum Gasteiger partial charge on any atom is -0.242 e. The van der Waals surface area contributed by atoms with Crippen LogP contribution in [-0.4, -0.2) is 6.17 Å². The van der Waals surface area contributed by atoms with Gasteiger partial charge in [-0.05, 0) is 24.0 Å². The smallest absolute Gasteiger partial charge is 0.126 e. The molecule has 0 nitrogen and oxygen atoms in total. The van der Waals surface area contributed by atoms with Crippen LogP contribution in [0.3, 0.4) is 0 Å². The second-order valence-electron chi connectivity index (χ2n) is 3.39. The Kier molecular flexibility index (Phi) is 1.87. The van der Waals surface area contributed by atoms with E-state index >= 15 is 0 Å². The van der Waals surface area contributed by atoms with Crippen molar-refractivity contribution in [2.45, 2.75) is 32.4 Å². The predicted octanol–water partition coefficient (Wildman–Crippen LogP) is 3.32. The molecular formula is C11H13F. The first-order chi connectivity index (χ1) is 5.81. The second-order valence-corrected chi connectivity index (χ2v) is 3.39. The average Bonchev–Trinajstić information content (AvgIpc) is 2.83. The lowest BCUT2D eigenvalue weighted by atomic mass is 10.0. The van der Waals surface area contributed by atoms with E-state index in [1.807, 2.05) is 0 Å². The molecule has 0 radical (unpaired) electrons. The van der Waals surface area contributed by atoms with Crippen molar-refractivity contribution in [1.29, 1.82) is 0 Å². The average molecular weight is 164 g/mol. The third-order valence-corrected chi connectivity index (χ3v) is 2.52. The molecule has 0 heterocycles. The highest BCUT2D eigenvalue weighted by atomic mass is 19.1. The van der Waals surface area contributed by atoms with Crippen LogP contribution in [0.1, 0.15) is 26.2 Å². The number of rotatable bonds is 1. The van der Waals surface area contributed by atoms with Crippen LogP contribution >= 0.6 is 0 Å².